The molecule has 0 saturated heterocycles. The van der Waals surface area contributed by atoms with Crippen molar-refractivity contribution in [2.24, 2.45) is 0 Å². The second-order valence-electron chi connectivity index (χ2n) is 3.42. The SMILES string of the molecule is Oc1ccc(Cl)c(-c2cc(Cl)c(Cl)c(Cl)c2)c1. The van der Waals surface area contributed by atoms with Crippen molar-refractivity contribution in [3.8, 4) is 16.9 Å². The summed E-state index contributed by atoms with van der Waals surface area (Å²) in [5, 5.41) is 10.9. The molecule has 0 aliphatic carbocycles. The third-order valence-electron chi connectivity index (χ3n) is 2.24. The van der Waals surface area contributed by atoms with Gasteiger partial charge in [0.1, 0.15) is 5.75 Å². The lowest BCUT2D eigenvalue weighted by Crippen LogP contribution is -1.82. The number of benzene rings is 2. The van der Waals surface area contributed by atoms with E-state index in [1.807, 2.05) is 0 Å². The molecule has 2 rings (SSSR count). The number of hydrogen-bond donors (Lipinski definition) is 1. The molecule has 0 bridgehead atoms. The molecule has 0 aliphatic rings. The van der Waals surface area contributed by atoms with E-state index in [1.54, 1.807) is 18.2 Å². The minimum Gasteiger partial charge on any atom is -0.508 e. The third kappa shape index (κ3) is 2.63. The van der Waals surface area contributed by atoms with Gasteiger partial charge in [0, 0.05) is 10.6 Å². The van der Waals surface area contributed by atoms with Crippen LogP contribution in [0.3, 0.4) is 0 Å². The van der Waals surface area contributed by atoms with Crippen LogP contribution in [0.25, 0.3) is 11.1 Å². The van der Waals surface area contributed by atoms with E-state index in [-0.39, 0.29) is 5.75 Å². The highest BCUT2D eigenvalue weighted by atomic mass is 35.5. The number of phenolic OH excluding ortho intramolecular Hbond substituents is 1. The molecule has 1 N–H and O–H groups in total. The van der Waals surface area contributed by atoms with Crippen LogP contribution in [-0.4, -0.2) is 5.11 Å². The Balaban J connectivity index is 2.64. The van der Waals surface area contributed by atoms with E-state index in [0.29, 0.717) is 31.2 Å². The summed E-state index contributed by atoms with van der Waals surface area (Å²) in [6.45, 7) is 0. The summed E-state index contributed by atoms with van der Waals surface area (Å²) in [4.78, 5) is 0. The van der Waals surface area contributed by atoms with Gasteiger partial charge in [-0.2, -0.15) is 0 Å². The predicted molar refractivity (Wildman–Crippen MR) is 73.6 cm³/mol. The van der Waals surface area contributed by atoms with E-state index in [9.17, 15) is 5.11 Å². The third-order valence-corrected chi connectivity index (χ3v) is 3.77. The van der Waals surface area contributed by atoms with Gasteiger partial charge in [0.25, 0.3) is 0 Å². The minimum absolute atomic E-state index is 0.117. The molecule has 0 radical (unpaired) electrons. The van der Waals surface area contributed by atoms with Gasteiger partial charge < -0.3 is 5.11 Å². The van der Waals surface area contributed by atoms with Crippen LogP contribution in [0.15, 0.2) is 30.3 Å². The van der Waals surface area contributed by atoms with Crippen LogP contribution < -0.4 is 0 Å². The summed E-state index contributed by atoms with van der Waals surface area (Å²) in [6.07, 6.45) is 0. The Morgan fingerprint density at radius 2 is 1.35 bits per heavy atom. The van der Waals surface area contributed by atoms with Gasteiger partial charge in [-0.05, 0) is 35.9 Å². The lowest BCUT2D eigenvalue weighted by atomic mass is 10.1. The average molecular weight is 308 g/mol. The van der Waals surface area contributed by atoms with E-state index in [0.717, 1.165) is 0 Å². The van der Waals surface area contributed by atoms with Crippen molar-refractivity contribution < 1.29 is 5.11 Å². The zero-order chi connectivity index (χ0) is 12.6. The van der Waals surface area contributed by atoms with Gasteiger partial charge in [0.15, 0.2) is 0 Å². The van der Waals surface area contributed by atoms with Gasteiger partial charge >= 0.3 is 0 Å². The monoisotopic (exact) mass is 306 g/mol. The van der Waals surface area contributed by atoms with Gasteiger partial charge in [-0.15, -0.1) is 0 Å². The van der Waals surface area contributed by atoms with Gasteiger partial charge in [0.2, 0.25) is 0 Å². The molecule has 0 saturated carbocycles. The minimum atomic E-state index is 0.117. The first-order chi connectivity index (χ1) is 7.99. The van der Waals surface area contributed by atoms with Crippen LogP contribution in [0, 0.1) is 0 Å². The number of phenols is 1. The fourth-order valence-corrected chi connectivity index (χ4v) is 2.27. The second kappa shape index (κ2) is 4.95. The maximum absolute atomic E-state index is 9.44. The average Bonchev–Trinajstić information content (AvgIpc) is 2.28. The fourth-order valence-electron chi connectivity index (χ4n) is 1.45. The smallest absolute Gasteiger partial charge is 0.116 e. The first-order valence-electron chi connectivity index (χ1n) is 4.62. The van der Waals surface area contributed by atoms with E-state index in [2.05, 4.69) is 0 Å². The Morgan fingerprint density at radius 1 is 0.765 bits per heavy atom. The molecule has 17 heavy (non-hydrogen) atoms. The van der Waals surface area contributed by atoms with Crippen molar-refractivity contribution >= 4 is 46.4 Å². The second-order valence-corrected chi connectivity index (χ2v) is 5.02. The molecule has 0 amide bonds. The highest BCUT2D eigenvalue weighted by Crippen LogP contribution is 2.38. The maximum atomic E-state index is 9.44. The van der Waals surface area contributed by atoms with E-state index in [1.165, 1.54) is 12.1 Å². The van der Waals surface area contributed by atoms with Crippen molar-refractivity contribution in [3.63, 3.8) is 0 Å². The van der Waals surface area contributed by atoms with Gasteiger partial charge in [-0.25, -0.2) is 0 Å². The van der Waals surface area contributed by atoms with Crippen molar-refractivity contribution in [2.45, 2.75) is 0 Å². The van der Waals surface area contributed by atoms with Crippen molar-refractivity contribution in [1.29, 1.82) is 0 Å². The van der Waals surface area contributed by atoms with E-state index >= 15 is 0 Å². The Morgan fingerprint density at radius 3 is 1.94 bits per heavy atom. The molecule has 0 heterocycles. The highest BCUT2D eigenvalue weighted by Gasteiger charge is 2.10. The van der Waals surface area contributed by atoms with Gasteiger partial charge in [-0.1, -0.05) is 46.4 Å². The summed E-state index contributed by atoms with van der Waals surface area (Å²) in [5.41, 5.74) is 1.34. The maximum Gasteiger partial charge on any atom is 0.116 e. The molecule has 2 aromatic carbocycles. The number of hydrogen-bond acceptors (Lipinski definition) is 1. The first kappa shape index (κ1) is 12.8. The van der Waals surface area contributed by atoms with Crippen LogP contribution in [0.5, 0.6) is 5.75 Å². The van der Waals surface area contributed by atoms with Crippen molar-refractivity contribution in [3.05, 3.63) is 50.4 Å². The molecule has 0 atom stereocenters. The van der Waals surface area contributed by atoms with E-state index < -0.39 is 0 Å². The molecule has 5 heteroatoms. The normalized spacial score (nSPS) is 10.6. The van der Waals surface area contributed by atoms with Crippen LogP contribution in [0.1, 0.15) is 0 Å². The molecule has 0 aliphatic heterocycles. The molecular weight excluding hydrogens is 302 g/mol. The van der Waals surface area contributed by atoms with Crippen molar-refractivity contribution in [1.82, 2.24) is 0 Å². The van der Waals surface area contributed by atoms with Gasteiger partial charge in [0.05, 0.1) is 15.1 Å². The molecule has 0 unspecified atom stereocenters. The molecule has 2 aromatic rings. The largest absolute Gasteiger partial charge is 0.508 e. The van der Waals surface area contributed by atoms with Crippen LogP contribution in [0.4, 0.5) is 0 Å². The summed E-state index contributed by atoms with van der Waals surface area (Å²) in [7, 11) is 0. The van der Waals surface area contributed by atoms with Crippen LogP contribution in [0.2, 0.25) is 20.1 Å². The molecule has 0 aromatic heterocycles. The zero-order valence-electron chi connectivity index (χ0n) is 8.35. The molecule has 0 spiro atoms. The zero-order valence-corrected chi connectivity index (χ0v) is 11.4. The standard InChI is InChI=1S/C12H6Cl4O/c13-9-2-1-7(17)5-8(9)6-3-10(14)12(16)11(15)4-6/h1-5,17H. The quantitative estimate of drug-likeness (QED) is 0.673. The molecular formula is C12H6Cl4O. The van der Waals surface area contributed by atoms with Crippen LogP contribution in [-0.2, 0) is 0 Å². The van der Waals surface area contributed by atoms with Crippen molar-refractivity contribution in [2.75, 3.05) is 0 Å². The van der Waals surface area contributed by atoms with Gasteiger partial charge in [-0.3, -0.25) is 0 Å². The van der Waals surface area contributed by atoms with Crippen LogP contribution >= 0.6 is 46.4 Å². The molecule has 1 nitrogen and oxygen atoms in total. The van der Waals surface area contributed by atoms with E-state index in [4.69, 9.17) is 46.4 Å². The lowest BCUT2D eigenvalue weighted by molar-refractivity contribution is 0.475. The lowest BCUT2D eigenvalue weighted by Gasteiger charge is -2.08. The summed E-state index contributed by atoms with van der Waals surface area (Å²) in [6, 6.07) is 7.94. The predicted octanol–water partition coefficient (Wildman–Crippen LogP) is 5.67. The highest BCUT2D eigenvalue weighted by molar-refractivity contribution is 6.48. The molecule has 88 valence electrons. The summed E-state index contributed by atoms with van der Waals surface area (Å²) in [5.74, 6) is 0.117. The topological polar surface area (TPSA) is 20.2 Å². The Labute approximate surface area is 118 Å². The fraction of sp³-hybridized carbons (Fsp3) is 0. The number of rotatable bonds is 1. The molecule has 0 fully saturated rings. The Hall–Kier alpha value is -0.600. The number of halogens is 4. The summed E-state index contributed by atoms with van der Waals surface area (Å²) < 4.78 is 0. The Bertz CT molecular complexity index is 558. The first-order valence-corrected chi connectivity index (χ1v) is 6.13. The Kier molecular flexibility index (Phi) is 3.74. The summed E-state index contributed by atoms with van der Waals surface area (Å²) >= 11 is 23.8. The number of aromatic hydroxyl groups is 1.